The van der Waals surface area contributed by atoms with Crippen molar-refractivity contribution >= 4 is 40.8 Å². The van der Waals surface area contributed by atoms with Crippen LogP contribution in [0.15, 0.2) is 28.0 Å². The molecule has 0 radical (unpaired) electrons. The zero-order valence-corrected chi connectivity index (χ0v) is 20.5. The Morgan fingerprint density at radius 3 is 2.50 bits per heavy atom. The van der Waals surface area contributed by atoms with Crippen LogP contribution in [0.4, 0.5) is 0 Å². The number of piperidine rings is 1. The third-order valence-electron chi connectivity index (χ3n) is 6.66. The van der Waals surface area contributed by atoms with E-state index in [0.717, 1.165) is 36.2 Å². The van der Waals surface area contributed by atoms with Gasteiger partial charge in [0.15, 0.2) is 11.5 Å². The fraction of sp³-hybridized carbons (Fsp3) is 0.478. The van der Waals surface area contributed by atoms with E-state index < -0.39 is 17.1 Å². The Balaban J connectivity index is 1.58. The minimum atomic E-state index is -0.677. The van der Waals surface area contributed by atoms with E-state index in [1.165, 1.54) is 30.5 Å². The summed E-state index contributed by atoms with van der Waals surface area (Å²) in [6.45, 7) is 1.33. The van der Waals surface area contributed by atoms with Crippen LogP contribution in [0.5, 0.6) is 11.5 Å². The SMILES string of the molecule is COc1ccc(C2c3sc(=O)n(CC(=O)N4CCCCC4)c3SC3C(=O)NC(=O)C32)cc1OC. The summed E-state index contributed by atoms with van der Waals surface area (Å²) in [7, 11) is 3.07. The molecule has 3 amide bonds. The maximum atomic E-state index is 13.1. The maximum absolute atomic E-state index is 13.1. The summed E-state index contributed by atoms with van der Waals surface area (Å²) in [5, 5.41) is 2.36. The number of ether oxygens (including phenoxy) is 2. The molecule has 3 aliphatic heterocycles. The van der Waals surface area contributed by atoms with Gasteiger partial charge >= 0.3 is 4.87 Å². The van der Waals surface area contributed by atoms with Crippen molar-refractivity contribution in [3.05, 3.63) is 38.3 Å². The van der Waals surface area contributed by atoms with Crippen LogP contribution >= 0.6 is 23.1 Å². The first-order valence-electron chi connectivity index (χ1n) is 11.2. The molecule has 4 heterocycles. The number of rotatable bonds is 5. The number of likely N-dealkylation sites (tertiary alicyclic amines) is 1. The predicted molar refractivity (Wildman–Crippen MR) is 127 cm³/mol. The number of imide groups is 1. The number of carbonyl (C=O) groups excluding carboxylic acids is 3. The Kier molecular flexibility index (Phi) is 6.15. The van der Waals surface area contributed by atoms with Gasteiger partial charge in [0.25, 0.3) is 0 Å². The monoisotopic (exact) mass is 503 g/mol. The van der Waals surface area contributed by atoms with Gasteiger partial charge in [0.1, 0.15) is 11.8 Å². The van der Waals surface area contributed by atoms with Gasteiger partial charge < -0.3 is 14.4 Å². The zero-order valence-electron chi connectivity index (χ0n) is 18.9. The van der Waals surface area contributed by atoms with Crippen molar-refractivity contribution in [2.24, 2.45) is 5.92 Å². The summed E-state index contributed by atoms with van der Waals surface area (Å²) in [6.07, 6.45) is 3.03. The first kappa shape index (κ1) is 23.0. The van der Waals surface area contributed by atoms with Gasteiger partial charge in [0.05, 0.1) is 25.2 Å². The van der Waals surface area contributed by atoms with E-state index in [9.17, 15) is 19.2 Å². The number of methoxy groups -OCH3 is 2. The summed E-state index contributed by atoms with van der Waals surface area (Å²) < 4.78 is 12.3. The lowest BCUT2D eigenvalue weighted by Crippen LogP contribution is -2.39. The zero-order chi connectivity index (χ0) is 24.0. The molecule has 2 aromatic rings. The second kappa shape index (κ2) is 9.10. The van der Waals surface area contributed by atoms with Crippen LogP contribution in [-0.2, 0) is 20.9 Å². The molecule has 3 aliphatic rings. The van der Waals surface area contributed by atoms with Crippen LogP contribution in [-0.4, -0.2) is 59.7 Å². The van der Waals surface area contributed by atoms with E-state index in [2.05, 4.69) is 5.32 Å². The van der Waals surface area contributed by atoms with Crippen molar-refractivity contribution in [2.75, 3.05) is 27.3 Å². The fourth-order valence-corrected chi connectivity index (χ4v) is 7.70. The van der Waals surface area contributed by atoms with Crippen molar-refractivity contribution in [2.45, 2.75) is 42.0 Å². The second-order valence-corrected chi connectivity index (χ2v) is 10.7. The largest absolute Gasteiger partial charge is 0.493 e. The van der Waals surface area contributed by atoms with E-state index in [1.54, 1.807) is 17.0 Å². The Morgan fingerprint density at radius 1 is 1.06 bits per heavy atom. The highest BCUT2D eigenvalue weighted by atomic mass is 32.2. The van der Waals surface area contributed by atoms with Crippen LogP contribution in [0.2, 0.25) is 0 Å². The van der Waals surface area contributed by atoms with Crippen LogP contribution in [0, 0.1) is 5.92 Å². The molecule has 34 heavy (non-hydrogen) atoms. The van der Waals surface area contributed by atoms with E-state index in [1.807, 2.05) is 6.07 Å². The minimum Gasteiger partial charge on any atom is -0.493 e. The van der Waals surface area contributed by atoms with E-state index >= 15 is 0 Å². The Labute approximate surface area is 204 Å². The number of nitrogens with one attached hydrogen (secondary N) is 1. The predicted octanol–water partition coefficient (Wildman–Crippen LogP) is 1.82. The van der Waals surface area contributed by atoms with Crippen LogP contribution < -0.4 is 19.7 Å². The number of nitrogens with zero attached hydrogens (tertiary/aromatic N) is 2. The first-order chi connectivity index (χ1) is 16.4. The number of fused-ring (bicyclic) bond motifs is 2. The number of aromatic nitrogens is 1. The van der Waals surface area contributed by atoms with E-state index in [0.29, 0.717) is 34.5 Å². The van der Waals surface area contributed by atoms with Gasteiger partial charge in [-0.2, -0.15) is 0 Å². The lowest BCUT2D eigenvalue weighted by molar-refractivity contribution is -0.133. The summed E-state index contributed by atoms with van der Waals surface area (Å²) in [5.41, 5.74) is 0.745. The third kappa shape index (κ3) is 3.80. The van der Waals surface area contributed by atoms with Crippen LogP contribution in [0.1, 0.15) is 35.6 Å². The number of thiazole rings is 1. The van der Waals surface area contributed by atoms with E-state index in [4.69, 9.17) is 9.47 Å². The molecular formula is C23H25N3O6S2. The average Bonchev–Trinajstić information content (AvgIpc) is 3.32. The molecule has 3 unspecified atom stereocenters. The highest BCUT2D eigenvalue weighted by Gasteiger charge is 2.53. The fourth-order valence-electron chi connectivity index (χ4n) is 4.96. The Morgan fingerprint density at radius 2 is 1.79 bits per heavy atom. The Hall–Kier alpha value is -2.79. The van der Waals surface area contributed by atoms with Crippen molar-refractivity contribution in [1.82, 2.24) is 14.8 Å². The highest BCUT2D eigenvalue weighted by molar-refractivity contribution is 8.00. The molecule has 0 spiro atoms. The van der Waals surface area contributed by atoms with Gasteiger partial charge in [-0.15, -0.1) is 0 Å². The lowest BCUT2D eigenvalue weighted by atomic mass is 9.83. The van der Waals surface area contributed by atoms with Gasteiger partial charge in [0, 0.05) is 23.9 Å². The topological polar surface area (TPSA) is 107 Å². The summed E-state index contributed by atoms with van der Waals surface area (Å²) in [6, 6.07) is 5.36. The molecule has 5 rings (SSSR count). The maximum Gasteiger partial charge on any atom is 0.308 e. The van der Waals surface area contributed by atoms with Crippen LogP contribution in [0.3, 0.4) is 0 Å². The smallest absolute Gasteiger partial charge is 0.308 e. The van der Waals surface area contributed by atoms with Crippen LogP contribution in [0.25, 0.3) is 0 Å². The molecular weight excluding hydrogens is 478 g/mol. The molecule has 2 fully saturated rings. The number of carbonyl (C=O) groups is 3. The molecule has 11 heteroatoms. The van der Waals surface area contributed by atoms with Crippen molar-refractivity contribution in [3.8, 4) is 11.5 Å². The molecule has 1 N–H and O–H groups in total. The van der Waals surface area contributed by atoms with Crippen molar-refractivity contribution in [3.63, 3.8) is 0 Å². The van der Waals surface area contributed by atoms with Gasteiger partial charge in [0.2, 0.25) is 17.7 Å². The number of hydrogen-bond donors (Lipinski definition) is 1. The molecule has 2 saturated heterocycles. The quantitative estimate of drug-likeness (QED) is 0.621. The number of hydrogen-bond acceptors (Lipinski definition) is 8. The molecule has 1 aromatic carbocycles. The normalized spacial score (nSPS) is 23.8. The molecule has 0 bridgehead atoms. The van der Waals surface area contributed by atoms with E-state index in [-0.39, 0.29) is 29.1 Å². The number of benzene rings is 1. The summed E-state index contributed by atoms with van der Waals surface area (Å²) >= 11 is 2.24. The first-order valence-corrected chi connectivity index (χ1v) is 12.9. The van der Waals surface area contributed by atoms with Gasteiger partial charge in [-0.3, -0.25) is 29.1 Å². The molecule has 3 atom stereocenters. The molecule has 0 aliphatic carbocycles. The molecule has 1 aromatic heterocycles. The lowest BCUT2D eigenvalue weighted by Gasteiger charge is -2.31. The van der Waals surface area contributed by atoms with Gasteiger partial charge in [-0.05, 0) is 37.0 Å². The van der Waals surface area contributed by atoms with Gasteiger partial charge in [-0.25, -0.2) is 0 Å². The van der Waals surface area contributed by atoms with Crippen molar-refractivity contribution in [1.29, 1.82) is 0 Å². The summed E-state index contributed by atoms with van der Waals surface area (Å²) in [4.78, 5) is 53.7. The molecule has 180 valence electrons. The average molecular weight is 504 g/mol. The standard InChI is InChI=1S/C23H25N3O6S2/c1-31-13-7-6-12(10-14(13)32-2)16-17-18(21(29)24-20(17)28)33-22-19(16)34-23(30)26(22)11-15(27)25-8-4-3-5-9-25/h6-7,10,16-18H,3-5,8-9,11H2,1-2H3,(H,24,28,29). The summed E-state index contributed by atoms with van der Waals surface area (Å²) in [5.74, 6) is -0.969. The number of amides is 3. The number of thioether (sulfide) groups is 1. The Bertz CT molecular complexity index is 1220. The highest BCUT2D eigenvalue weighted by Crippen LogP contribution is 2.52. The second-order valence-electron chi connectivity index (χ2n) is 8.57. The minimum absolute atomic E-state index is 0.0662. The van der Waals surface area contributed by atoms with Crippen molar-refractivity contribution < 1.29 is 23.9 Å². The third-order valence-corrected chi connectivity index (χ3v) is 9.27. The molecule has 0 saturated carbocycles. The van der Waals surface area contributed by atoms with Gasteiger partial charge in [-0.1, -0.05) is 29.2 Å². The molecule has 9 nitrogen and oxygen atoms in total.